The second-order valence-electron chi connectivity index (χ2n) is 5.15. The monoisotopic (exact) mass is 275 g/mol. The Labute approximate surface area is 119 Å². The van der Waals surface area contributed by atoms with Crippen molar-refractivity contribution in [2.24, 2.45) is 0 Å². The highest BCUT2D eigenvalue weighted by Crippen LogP contribution is 2.10. The number of benzene rings is 1. The first-order valence-corrected chi connectivity index (χ1v) is 6.95. The fourth-order valence-corrected chi connectivity index (χ4v) is 2.30. The number of piperazine rings is 1. The predicted octanol–water partition coefficient (Wildman–Crippen LogP) is 1.10. The highest BCUT2D eigenvalue weighted by Gasteiger charge is 2.15. The number of amides is 2. The van der Waals surface area contributed by atoms with Crippen LogP contribution < -0.4 is 5.32 Å². The summed E-state index contributed by atoms with van der Waals surface area (Å²) in [6.07, 6.45) is 1.37. The molecule has 5 heteroatoms. The van der Waals surface area contributed by atoms with Crippen LogP contribution in [0.4, 0.5) is 5.69 Å². The summed E-state index contributed by atoms with van der Waals surface area (Å²) in [5, 5.41) is 2.91. The Morgan fingerprint density at radius 2 is 2.05 bits per heavy atom. The number of hydrogen-bond acceptors (Lipinski definition) is 3. The predicted molar refractivity (Wildman–Crippen MR) is 78.5 cm³/mol. The molecule has 0 spiro atoms. The van der Waals surface area contributed by atoms with Crippen LogP contribution in [0.25, 0.3) is 0 Å². The number of carbonyl (C=O) groups is 2. The zero-order chi connectivity index (χ0) is 14.4. The molecule has 0 unspecified atom stereocenters. The molecule has 0 bridgehead atoms. The quantitative estimate of drug-likeness (QED) is 0.819. The maximum atomic E-state index is 11.9. The Bertz CT molecular complexity index is 468. The lowest BCUT2D eigenvalue weighted by atomic mass is 10.2. The standard InChI is InChI=1S/C15H21N3O2/c1-13-3-2-4-14(11-13)16-15(20)5-6-17-7-9-18(12-19)10-8-17/h2-4,11-12H,5-10H2,1H3,(H,16,20). The van der Waals surface area contributed by atoms with Crippen LogP contribution >= 0.6 is 0 Å². The first kappa shape index (κ1) is 14.5. The summed E-state index contributed by atoms with van der Waals surface area (Å²) < 4.78 is 0. The van der Waals surface area contributed by atoms with Gasteiger partial charge >= 0.3 is 0 Å². The van der Waals surface area contributed by atoms with Crippen LogP contribution in [0.5, 0.6) is 0 Å². The van der Waals surface area contributed by atoms with Gasteiger partial charge in [0.05, 0.1) is 0 Å². The van der Waals surface area contributed by atoms with E-state index in [1.807, 2.05) is 31.2 Å². The van der Waals surface area contributed by atoms with Crippen LogP contribution in [0.1, 0.15) is 12.0 Å². The van der Waals surface area contributed by atoms with Crippen molar-refractivity contribution in [2.45, 2.75) is 13.3 Å². The molecule has 0 atom stereocenters. The van der Waals surface area contributed by atoms with Crippen LogP contribution in [-0.2, 0) is 9.59 Å². The summed E-state index contributed by atoms with van der Waals surface area (Å²) in [6, 6.07) is 7.79. The molecular formula is C15H21N3O2. The summed E-state index contributed by atoms with van der Waals surface area (Å²) in [7, 11) is 0. The largest absolute Gasteiger partial charge is 0.343 e. The van der Waals surface area contributed by atoms with Gasteiger partial charge in [-0.05, 0) is 24.6 Å². The first-order chi connectivity index (χ1) is 9.67. The maximum absolute atomic E-state index is 11.9. The van der Waals surface area contributed by atoms with E-state index < -0.39 is 0 Å². The summed E-state index contributed by atoms with van der Waals surface area (Å²) in [5.41, 5.74) is 1.98. The molecule has 1 aliphatic heterocycles. The SMILES string of the molecule is Cc1cccc(NC(=O)CCN2CCN(C=O)CC2)c1. The smallest absolute Gasteiger partial charge is 0.225 e. The van der Waals surface area contributed by atoms with Crippen LogP contribution in [0.2, 0.25) is 0 Å². The van der Waals surface area contributed by atoms with Crippen molar-refractivity contribution in [2.75, 3.05) is 38.0 Å². The van der Waals surface area contributed by atoms with Crippen molar-refractivity contribution >= 4 is 18.0 Å². The van der Waals surface area contributed by atoms with E-state index in [2.05, 4.69) is 10.2 Å². The fourth-order valence-electron chi connectivity index (χ4n) is 2.30. The van der Waals surface area contributed by atoms with Gasteiger partial charge in [-0.25, -0.2) is 0 Å². The number of anilines is 1. The maximum Gasteiger partial charge on any atom is 0.225 e. The molecule has 1 fully saturated rings. The molecular weight excluding hydrogens is 254 g/mol. The summed E-state index contributed by atoms with van der Waals surface area (Å²) in [4.78, 5) is 26.5. The van der Waals surface area contributed by atoms with Crippen molar-refractivity contribution in [1.29, 1.82) is 0 Å². The molecule has 0 saturated carbocycles. The van der Waals surface area contributed by atoms with E-state index in [-0.39, 0.29) is 5.91 Å². The number of hydrogen-bond donors (Lipinski definition) is 1. The van der Waals surface area contributed by atoms with Gasteiger partial charge in [0.15, 0.2) is 0 Å². The van der Waals surface area contributed by atoms with Gasteiger partial charge in [0.25, 0.3) is 0 Å². The van der Waals surface area contributed by atoms with Crippen LogP contribution in [0.3, 0.4) is 0 Å². The van der Waals surface area contributed by atoms with Crippen molar-refractivity contribution in [3.63, 3.8) is 0 Å². The molecule has 1 aromatic rings. The molecule has 0 aromatic heterocycles. The van der Waals surface area contributed by atoms with Crippen molar-refractivity contribution < 1.29 is 9.59 Å². The number of nitrogens with zero attached hydrogens (tertiary/aromatic N) is 2. The average molecular weight is 275 g/mol. The van der Waals surface area contributed by atoms with Crippen LogP contribution in [0, 0.1) is 6.92 Å². The molecule has 1 aliphatic rings. The minimum absolute atomic E-state index is 0.0356. The molecule has 108 valence electrons. The van der Waals surface area contributed by atoms with Gasteiger partial charge in [-0.15, -0.1) is 0 Å². The molecule has 1 aromatic carbocycles. The third kappa shape index (κ3) is 4.35. The van der Waals surface area contributed by atoms with Crippen molar-refractivity contribution in [1.82, 2.24) is 9.80 Å². The van der Waals surface area contributed by atoms with Gasteiger partial charge in [-0.3, -0.25) is 14.5 Å². The molecule has 0 radical (unpaired) electrons. The van der Waals surface area contributed by atoms with E-state index in [9.17, 15) is 9.59 Å². The van der Waals surface area contributed by atoms with Gasteiger partial charge in [-0.2, -0.15) is 0 Å². The third-order valence-electron chi connectivity index (χ3n) is 3.51. The average Bonchev–Trinajstić information content (AvgIpc) is 2.46. The lowest BCUT2D eigenvalue weighted by Crippen LogP contribution is -2.46. The second-order valence-corrected chi connectivity index (χ2v) is 5.15. The molecule has 2 amide bonds. The minimum atomic E-state index is 0.0356. The van der Waals surface area contributed by atoms with E-state index >= 15 is 0 Å². The lowest BCUT2D eigenvalue weighted by molar-refractivity contribution is -0.120. The number of aryl methyl sites for hydroxylation is 1. The molecule has 20 heavy (non-hydrogen) atoms. The first-order valence-electron chi connectivity index (χ1n) is 6.95. The Morgan fingerprint density at radius 1 is 1.30 bits per heavy atom. The molecule has 1 heterocycles. The van der Waals surface area contributed by atoms with Gasteiger partial charge in [0.2, 0.25) is 12.3 Å². The van der Waals surface area contributed by atoms with E-state index in [4.69, 9.17) is 0 Å². The zero-order valence-electron chi connectivity index (χ0n) is 11.8. The minimum Gasteiger partial charge on any atom is -0.343 e. The molecule has 1 saturated heterocycles. The van der Waals surface area contributed by atoms with E-state index in [0.717, 1.165) is 50.4 Å². The Kier molecular flexibility index (Phi) is 5.12. The van der Waals surface area contributed by atoms with E-state index in [1.165, 1.54) is 0 Å². The van der Waals surface area contributed by atoms with Crippen molar-refractivity contribution in [3.8, 4) is 0 Å². The molecule has 5 nitrogen and oxygen atoms in total. The molecule has 0 aliphatic carbocycles. The van der Waals surface area contributed by atoms with Crippen molar-refractivity contribution in [3.05, 3.63) is 29.8 Å². The topological polar surface area (TPSA) is 52.7 Å². The lowest BCUT2D eigenvalue weighted by Gasteiger charge is -2.32. The fraction of sp³-hybridized carbons (Fsp3) is 0.467. The number of rotatable bonds is 5. The highest BCUT2D eigenvalue weighted by atomic mass is 16.1. The van der Waals surface area contributed by atoms with Gasteiger partial charge in [0.1, 0.15) is 0 Å². The summed E-state index contributed by atoms with van der Waals surface area (Å²) >= 11 is 0. The Balaban J connectivity index is 1.72. The Hall–Kier alpha value is -1.88. The van der Waals surface area contributed by atoms with Crippen LogP contribution in [-0.4, -0.2) is 54.8 Å². The molecule has 2 rings (SSSR count). The van der Waals surface area contributed by atoms with E-state index in [0.29, 0.717) is 6.42 Å². The van der Waals surface area contributed by atoms with Gasteiger partial charge in [-0.1, -0.05) is 12.1 Å². The molecule has 1 N–H and O–H groups in total. The van der Waals surface area contributed by atoms with Crippen LogP contribution in [0.15, 0.2) is 24.3 Å². The third-order valence-corrected chi connectivity index (χ3v) is 3.51. The van der Waals surface area contributed by atoms with E-state index in [1.54, 1.807) is 4.90 Å². The summed E-state index contributed by atoms with van der Waals surface area (Å²) in [6.45, 7) is 5.94. The zero-order valence-corrected chi connectivity index (χ0v) is 11.8. The number of carbonyl (C=O) groups excluding carboxylic acids is 2. The van der Waals surface area contributed by atoms with Gasteiger partial charge in [0, 0.05) is 44.8 Å². The number of nitrogens with one attached hydrogen (secondary N) is 1. The highest BCUT2D eigenvalue weighted by molar-refractivity contribution is 5.90. The second kappa shape index (κ2) is 7.05. The summed E-state index contributed by atoms with van der Waals surface area (Å²) in [5.74, 6) is 0.0356. The Morgan fingerprint density at radius 3 is 2.70 bits per heavy atom. The normalized spacial score (nSPS) is 15.9. The van der Waals surface area contributed by atoms with Gasteiger partial charge < -0.3 is 10.2 Å².